The molecule has 0 saturated carbocycles. The quantitative estimate of drug-likeness (QED) is 0.900. The summed E-state index contributed by atoms with van der Waals surface area (Å²) >= 11 is 0. The Morgan fingerprint density at radius 1 is 1.37 bits per heavy atom. The highest BCUT2D eigenvalue weighted by Gasteiger charge is 2.28. The van der Waals surface area contributed by atoms with Crippen LogP contribution in [-0.4, -0.2) is 29.9 Å². The molecule has 1 aliphatic rings. The SMILES string of the molecule is CC(C)N(CCN)C(=O)C1CCc2ccccc2C1. The van der Waals surface area contributed by atoms with Crippen molar-refractivity contribution in [1.29, 1.82) is 0 Å². The zero-order chi connectivity index (χ0) is 13.8. The number of carbonyl (C=O) groups is 1. The third kappa shape index (κ3) is 3.16. The second-order valence-corrected chi connectivity index (χ2v) is 5.62. The van der Waals surface area contributed by atoms with Gasteiger partial charge in [0.05, 0.1) is 0 Å². The van der Waals surface area contributed by atoms with E-state index in [9.17, 15) is 4.79 Å². The summed E-state index contributed by atoms with van der Waals surface area (Å²) in [6, 6.07) is 8.70. The van der Waals surface area contributed by atoms with Crippen molar-refractivity contribution >= 4 is 5.91 Å². The zero-order valence-corrected chi connectivity index (χ0v) is 11.9. The first-order valence-electron chi connectivity index (χ1n) is 7.20. The number of aryl methyl sites for hydroxylation is 1. The molecule has 1 atom stereocenters. The fraction of sp³-hybridized carbons (Fsp3) is 0.562. The Bertz CT molecular complexity index is 442. The van der Waals surface area contributed by atoms with Gasteiger partial charge >= 0.3 is 0 Å². The van der Waals surface area contributed by atoms with Gasteiger partial charge in [-0.05, 0) is 44.2 Å². The summed E-state index contributed by atoms with van der Waals surface area (Å²) in [6.07, 6.45) is 2.85. The lowest BCUT2D eigenvalue weighted by atomic mass is 9.83. The van der Waals surface area contributed by atoms with Crippen LogP contribution in [0.2, 0.25) is 0 Å². The number of hydrogen-bond acceptors (Lipinski definition) is 2. The number of nitrogens with two attached hydrogens (primary N) is 1. The molecule has 2 rings (SSSR count). The third-order valence-electron chi connectivity index (χ3n) is 3.97. The summed E-state index contributed by atoms with van der Waals surface area (Å²) in [5.74, 6) is 0.402. The fourth-order valence-corrected chi connectivity index (χ4v) is 2.91. The van der Waals surface area contributed by atoms with Gasteiger partial charge in [-0.3, -0.25) is 4.79 Å². The van der Waals surface area contributed by atoms with Crippen LogP contribution in [0.25, 0.3) is 0 Å². The average molecular weight is 260 g/mol. The summed E-state index contributed by atoms with van der Waals surface area (Å²) in [5, 5.41) is 0. The molecule has 1 aromatic carbocycles. The lowest BCUT2D eigenvalue weighted by Crippen LogP contribution is -2.44. The Morgan fingerprint density at radius 3 is 2.68 bits per heavy atom. The predicted molar refractivity (Wildman–Crippen MR) is 77.9 cm³/mol. The van der Waals surface area contributed by atoms with Crippen molar-refractivity contribution in [1.82, 2.24) is 4.90 Å². The molecule has 0 aromatic heterocycles. The lowest BCUT2D eigenvalue weighted by Gasteiger charge is -2.32. The van der Waals surface area contributed by atoms with E-state index < -0.39 is 0 Å². The highest BCUT2D eigenvalue weighted by molar-refractivity contribution is 5.79. The van der Waals surface area contributed by atoms with Gasteiger partial charge in [0.25, 0.3) is 0 Å². The molecule has 0 saturated heterocycles. The molecular formula is C16H24N2O. The molecule has 1 unspecified atom stereocenters. The summed E-state index contributed by atoms with van der Waals surface area (Å²) in [5.41, 5.74) is 8.36. The molecule has 3 heteroatoms. The maximum Gasteiger partial charge on any atom is 0.226 e. The van der Waals surface area contributed by atoms with Gasteiger partial charge in [0.1, 0.15) is 0 Å². The Balaban J connectivity index is 2.09. The molecular weight excluding hydrogens is 236 g/mol. The number of fused-ring (bicyclic) bond motifs is 1. The molecule has 1 aromatic rings. The van der Waals surface area contributed by atoms with Gasteiger partial charge in [0.15, 0.2) is 0 Å². The molecule has 0 radical (unpaired) electrons. The van der Waals surface area contributed by atoms with E-state index in [0.29, 0.717) is 13.1 Å². The topological polar surface area (TPSA) is 46.3 Å². The highest BCUT2D eigenvalue weighted by atomic mass is 16.2. The van der Waals surface area contributed by atoms with Crippen molar-refractivity contribution in [2.45, 2.75) is 39.2 Å². The van der Waals surface area contributed by atoms with Crippen molar-refractivity contribution in [3.8, 4) is 0 Å². The van der Waals surface area contributed by atoms with Crippen LogP contribution >= 0.6 is 0 Å². The van der Waals surface area contributed by atoms with Crippen molar-refractivity contribution in [3.63, 3.8) is 0 Å². The minimum atomic E-state index is 0.129. The second kappa shape index (κ2) is 6.20. The van der Waals surface area contributed by atoms with Crippen molar-refractivity contribution < 1.29 is 4.79 Å². The van der Waals surface area contributed by atoms with Crippen molar-refractivity contribution in [3.05, 3.63) is 35.4 Å². The fourth-order valence-electron chi connectivity index (χ4n) is 2.91. The minimum Gasteiger partial charge on any atom is -0.339 e. The van der Waals surface area contributed by atoms with Crippen LogP contribution < -0.4 is 5.73 Å². The number of rotatable bonds is 4. The largest absolute Gasteiger partial charge is 0.339 e. The molecule has 19 heavy (non-hydrogen) atoms. The lowest BCUT2D eigenvalue weighted by molar-refractivity contribution is -0.137. The first-order valence-corrected chi connectivity index (χ1v) is 7.20. The molecule has 2 N–H and O–H groups in total. The van der Waals surface area contributed by atoms with Gasteiger partial charge in [0.2, 0.25) is 5.91 Å². The molecule has 3 nitrogen and oxygen atoms in total. The first kappa shape index (κ1) is 14.1. The van der Waals surface area contributed by atoms with Gasteiger partial charge in [-0.1, -0.05) is 24.3 Å². The van der Waals surface area contributed by atoms with E-state index in [1.807, 2.05) is 4.90 Å². The molecule has 0 spiro atoms. The number of carbonyl (C=O) groups excluding carboxylic acids is 1. The van der Waals surface area contributed by atoms with Crippen LogP contribution in [0.5, 0.6) is 0 Å². The third-order valence-corrected chi connectivity index (χ3v) is 3.97. The molecule has 0 bridgehead atoms. The summed E-state index contributed by atoms with van der Waals surface area (Å²) in [4.78, 5) is 14.5. The Hall–Kier alpha value is -1.35. The maximum absolute atomic E-state index is 12.6. The van der Waals surface area contributed by atoms with Crippen LogP contribution in [0.4, 0.5) is 0 Å². The van der Waals surface area contributed by atoms with Crippen LogP contribution in [-0.2, 0) is 17.6 Å². The molecule has 104 valence electrons. The van der Waals surface area contributed by atoms with Gasteiger partial charge in [-0.2, -0.15) is 0 Å². The van der Waals surface area contributed by atoms with E-state index in [1.54, 1.807) is 0 Å². The smallest absolute Gasteiger partial charge is 0.226 e. The molecule has 0 fully saturated rings. The molecule has 1 amide bonds. The Morgan fingerprint density at radius 2 is 2.05 bits per heavy atom. The number of nitrogens with zero attached hydrogens (tertiary/aromatic N) is 1. The van der Waals surface area contributed by atoms with Crippen molar-refractivity contribution in [2.24, 2.45) is 11.7 Å². The van der Waals surface area contributed by atoms with Crippen molar-refractivity contribution in [2.75, 3.05) is 13.1 Å². The van der Waals surface area contributed by atoms with Crippen LogP contribution in [0.1, 0.15) is 31.4 Å². The minimum absolute atomic E-state index is 0.129. The van der Waals surface area contributed by atoms with E-state index in [1.165, 1.54) is 11.1 Å². The zero-order valence-electron chi connectivity index (χ0n) is 11.9. The van der Waals surface area contributed by atoms with Gasteiger partial charge < -0.3 is 10.6 Å². The standard InChI is InChI=1S/C16H24N2O/c1-12(2)18(10-9-17)16(19)15-8-7-13-5-3-4-6-14(13)11-15/h3-6,12,15H,7-11,17H2,1-2H3. The van der Waals surface area contributed by atoms with Gasteiger partial charge in [0, 0.05) is 25.0 Å². The van der Waals surface area contributed by atoms with E-state index in [0.717, 1.165) is 19.3 Å². The highest BCUT2D eigenvalue weighted by Crippen LogP contribution is 2.27. The average Bonchev–Trinajstić information content (AvgIpc) is 2.43. The van der Waals surface area contributed by atoms with Crippen LogP contribution in [0.15, 0.2) is 24.3 Å². The second-order valence-electron chi connectivity index (χ2n) is 5.62. The molecule has 0 heterocycles. The summed E-state index contributed by atoms with van der Waals surface area (Å²) in [7, 11) is 0. The Labute approximate surface area is 115 Å². The van der Waals surface area contributed by atoms with E-state index in [2.05, 4.69) is 38.1 Å². The number of hydrogen-bond donors (Lipinski definition) is 1. The predicted octanol–water partition coefficient (Wildman–Crippen LogP) is 1.99. The van der Waals surface area contributed by atoms with Gasteiger partial charge in [-0.25, -0.2) is 0 Å². The van der Waals surface area contributed by atoms with E-state index in [-0.39, 0.29) is 17.9 Å². The van der Waals surface area contributed by atoms with E-state index >= 15 is 0 Å². The maximum atomic E-state index is 12.6. The number of benzene rings is 1. The Kier molecular flexibility index (Phi) is 4.59. The van der Waals surface area contributed by atoms with Gasteiger partial charge in [-0.15, -0.1) is 0 Å². The number of amides is 1. The first-order chi connectivity index (χ1) is 9.13. The van der Waals surface area contributed by atoms with Crippen LogP contribution in [0, 0.1) is 5.92 Å². The monoisotopic (exact) mass is 260 g/mol. The van der Waals surface area contributed by atoms with E-state index in [4.69, 9.17) is 5.73 Å². The molecule has 0 aliphatic heterocycles. The molecule has 1 aliphatic carbocycles. The summed E-state index contributed by atoms with van der Waals surface area (Å²) in [6.45, 7) is 5.32. The summed E-state index contributed by atoms with van der Waals surface area (Å²) < 4.78 is 0. The normalized spacial score (nSPS) is 18.2. The van der Waals surface area contributed by atoms with Crippen LogP contribution in [0.3, 0.4) is 0 Å².